The largest absolute Gasteiger partial charge is 0.477 e. The van der Waals surface area contributed by atoms with Gasteiger partial charge in [0, 0.05) is 34.7 Å². The van der Waals surface area contributed by atoms with Crippen molar-refractivity contribution in [2.45, 2.75) is 40.3 Å². The van der Waals surface area contributed by atoms with Gasteiger partial charge in [-0.3, -0.25) is 9.69 Å². The van der Waals surface area contributed by atoms with Crippen molar-refractivity contribution < 1.29 is 14.3 Å². The molecule has 1 aromatic carbocycles. The van der Waals surface area contributed by atoms with Crippen molar-refractivity contribution in [1.82, 2.24) is 4.90 Å². The van der Waals surface area contributed by atoms with E-state index in [0.717, 1.165) is 33.9 Å². The number of aryl methyl sites for hydroxylation is 1. The van der Waals surface area contributed by atoms with E-state index in [1.807, 2.05) is 37.4 Å². The molecule has 0 saturated heterocycles. The molecule has 3 heterocycles. The van der Waals surface area contributed by atoms with Crippen molar-refractivity contribution in [2.24, 2.45) is 0 Å². The zero-order chi connectivity index (χ0) is 17.7. The Morgan fingerprint density at radius 3 is 2.76 bits per heavy atom. The number of hydrogen-bond donors (Lipinski definition) is 0. The van der Waals surface area contributed by atoms with Gasteiger partial charge in [-0.05, 0) is 50.8 Å². The molecule has 2 aliphatic heterocycles. The molecule has 4 nitrogen and oxygen atoms in total. The summed E-state index contributed by atoms with van der Waals surface area (Å²) in [6.07, 6.45) is 1.85. The van der Waals surface area contributed by atoms with Crippen LogP contribution in [0.1, 0.15) is 45.8 Å². The molecule has 0 atom stereocenters. The maximum atomic E-state index is 12.8. The number of rotatable bonds is 2. The number of benzene rings is 1. The second-order valence-corrected chi connectivity index (χ2v) is 7.84. The Kier molecular flexibility index (Phi) is 3.93. The van der Waals surface area contributed by atoms with E-state index in [9.17, 15) is 4.79 Å². The second kappa shape index (κ2) is 6.00. The van der Waals surface area contributed by atoms with Gasteiger partial charge in [-0.15, -0.1) is 11.3 Å². The Labute approximate surface area is 151 Å². The Hall–Kier alpha value is -2.11. The molecule has 0 amide bonds. The summed E-state index contributed by atoms with van der Waals surface area (Å²) < 4.78 is 11.9. The number of ketones is 1. The number of carbonyl (C=O) groups excluding carboxylic acids is 1. The number of fused-ring (bicyclic) bond motifs is 2. The fourth-order valence-electron chi connectivity index (χ4n) is 3.25. The van der Waals surface area contributed by atoms with E-state index in [0.29, 0.717) is 29.8 Å². The number of thiophene rings is 1. The van der Waals surface area contributed by atoms with Crippen LogP contribution in [0.5, 0.6) is 11.5 Å². The van der Waals surface area contributed by atoms with Crippen LogP contribution in [0.3, 0.4) is 0 Å². The summed E-state index contributed by atoms with van der Waals surface area (Å²) in [5.74, 6) is 1.85. The van der Waals surface area contributed by atoms with Gasteiger partial charge in [-0.1, -0.05) is 0 Å². The Morgan fingerprint density at radius 1 is 1.28 bits per heavy atom. The Bertz CT molecular complexity index is 895. The minimum Gasteiger partial charge on any atom is -0.477 e. The SMILES string of the molecule is Cc1ccsc1/C=C1\Oc2c(cc3c(c2C)OCN(C(C)C)C3)C1=O. The Balaban J connectivity index is 1.74. The van der Waals surface area contributed by atoms with Crippen LogP contribution in [0.4, 0.5) is 0 Å². The van der Waals surface area contributed by atoms with Crippen LogP contribution >= 0.6 is 11.3 Å². The third-order valence-corrected chi connectivity index (χ3v) is 5.82. The summed E-state index contributed by atoms with van der Waals surface area (Å²) in [6.45, 7) is 9.65. The predicted octanol–water partition coefficient (Wildman–Crippen LogP) is 4.54. The minimum atomic E-state index is -0.0460. The first-order valence-electron chi connectivity index (χ1n) is 8.47. The highest BCUT2D eigenvalue weighted by molar-refractivity contribution is 7.11. The molecule has 1 aromatic heterocycles. The molecule has 0 unspecified atom stereocenters. The van der Waals surface area contributed by atoms with Gasteiger partial charge in [0.25, 0.3) is 0 Å². The van der Waals surface area contributed by atoms with Gasteiger partial charge in [0.2, 0.25) is 5.78 Å². The fraction of sp³-hybridized carbons (Fsp3) is 0.350. The standard InChI is InChI=1S/C20H21NO3S/c1-11(2)21-9-14-7-15-18(22)16(8-17-12(3)5-6-25-17)24-20(15)13(4)19(14)23-10-21/h5-8,11H,9-10H2,1-4H3/b16-8-. The molecular weight excluding hydrogens is 334 g/mol. The summed E-state index contributed by atoms with van der Waals surface area (Å²) >= 11 is 1.61. The van der Waals surface area contributed by atoms with Crippen LogP contribution in [0.2, 0.25) is 0 Å². The smallest absolute Gasteiger partial charge is 0.232 e. The number of allylic oxidation sites excluding steroid dienone is 1. The zero-order valence-electron chi connectivity index (χ0n) is 14.9. The molecule has 25 heavy (non-hydrogen) atoms. The van der Waals surface area contributed by atoms with Crippen LogP contribution < -0.4 is 9.47 Å². The van der Waals surface area contributed by atoms with E-state index >= 15 is 0 Å². The fourth-order valence-corrected chi connectivity index (χ4v) is 4.10. The highest BCUT2D eigenvalue weighted by Gasteiger charge is 2.34. The summed E-state index contributed by atoms with van der Waals surface area (Å²) in [4.78, 5) is 16.1. The third kappa shape index (κ3) is 2.68. The zero-order valence-corrected chi connectivity index (χ0v) is 15.7. The number of Topliss-reactive ketones (excluding diaryl/α,β-unsaturated/α-hetero) is 1. The van der Waals surface area contributed by atoms with Gasteiger partial charge >= 0.3 is 0 Å². The first kappa shape index (κ1) is 16.4. The molecule has 0 saturated carbocycles. The van der Waals surface area contributed by atoms with Gasteiger partial charge < -0.3 is 9.47 Å². The molecule has 0 N–H and O–H groups in total. The van der Waals surface area contributed by atoms with Crippen LogP contribution in [0.15, 0.2) is 23.3 Å². The molecule has 130 valence electrons. The summed E-state index contributed by atoms with van der Waals surface area (Å²) in [5, 5.41) is 2.02. The molecule has 0 radical (unpaired) electrons. The summed E-state index contributed by atoms with van der Waals surface area (Å²) in [6, 6.07) is 4.38. The first-order valence-corrected chi connectivity index (χ1v) is 9.35. The predicted molar refractivity (Wildman–Crippen MR) is 99.3 cm³/mol. The maximum absolute atomic E-state index is 12.8. The van der Waals surface area contributed by atoms with Crippen molar-refractivity contribution in [1.29, 1.82) is 0 Å². The molecule has 0 spiro atoms. The lowest BCUT2D eigenvalue weighted by Crippen LogP contribution is -2.37. The number of nitrogens with zero attached hydrogens (tertiary/aromatic N) is 1. The van der Waals surface area contributed by atoms with Gasteiger partial charge in [-0.2, -0.15) is 0 Å². The maximum Gasteiger partial charge on any atom is 0.232 e. The van der Waals surface area contributed by atoms with Crippen LogP contribution in [-0.4, -0.2) is 23.5 Å². The molecule has 0 aliphatic carbocycles. The molecule has 5 heteroatoms. The number of carbonyl (C=O) groups is 1. The van der Waals surface area contributed by atoms with Gasteiger partial charge in [0.1, 0.15) is 18.2 Å². The monoisotopic (exact) mass is 355 g/mol. The average molecular weight is 355 g/mol. The van der Waals surface area contributed by atoms with E-state index in [-0.39, 0.29) is 5.78 Å². The molecule has 2 aromatic rings. The third-order valence-electron chi connectivity index (χ3n) is 4.86. The van der Waals surface area contributed by atoms with Crippen LogP contribution in [0.25, 0.3) is 6.08 Å². The average Bonchev–Trinajstić information content (AvgIpc) is 3.13. The lowest BCUT2D eigenvalue weighted by atomic mass is 10.00. The molecule has 0 bridgehead atoms. The lowest BCUT2D eigenvalue weighted by Gasteiger charge is -2.32. The Morgan fingerprint density at radius 2 is 2.08 bits per heavy atom. The van der Waals surface area contributed by atoms with E-state index in [1.165, 1.54) is 0 Å². The summed E-state index contributed by atoms with van der Waals surface area (Å²) in [5.41, 5.74) is 3.76. The van der Waals surface area contributed by atoms with Gasteiger partial charge in [0.15, 0.2) is 5.76 Å². The number of hydrogen-bond acceptors (Lipinski definition) is 5. The lowest BCUT2D eigenvalue weighted by molar-refractivity contribution is 0.0678. The van der Waals surface area contributed by atoms with Crippen LogP contribution in [0, 0.1) is 13.8 Å². The van der Waals surface area contributed by atoms with E-state index in [2.05, 4.69) is 18.7 Å². The highest BCUT2D eigenvalue weighted by atomic mass is 32.1. The second-order valence-electron chi connectivity index (χ2n) is 6.89. The van der Waals surface area contributed by atoms with Gasteiger partial charge in [0.05, 0.1) is 5.56 Å². The van der Waals surface area contributed by atoms with Crippen molar-refractivity contribution in [3.8, 4) is 11.5 Å². The first-order chi connectivity index (χ1) is 12.0. The number of ether oxygens (including phenoxy) is 2. The molecular formula is C20H21NO3S. The van der Waals surface area contributed by atoms with Gasteiger partial charge in [-0.25, -0.2) is 0 Å². The molecule has 4 rings (SSSR count). The van der Waals surface area contributed by atoms with E-state index < -0.39 is 0 Å². The quantitative estimate of drug-likeness (QED) is 0.741. The molecule has 0 fully saturated rings. The normalized spacial score (nSPS) is 18.3. The van der Waals surface area contributed by atoms with Crippen molar-refractivity contribution >= 4 is 23.2 Å². The topological polar surface area (TPSA) is 38.8 Å². The van der Waals surface area contributed by atoms with Crippen molar-refractivity contribution in [3.05, 3.63) is 50.4 Å². The van der Waals surface area contributed by atoms with E-state index in [4.69, 9.17) is 9.47 Å². The summed E-state index contributed by atoms with van der Waals surface area (Å²) in [7, 11) is 0. The van der Waals surface area contributed by atoms with E-state index in [1.54, 1.807) is 11.3 Å². The van der Waals surface area contributed by atoms with Crippen LogP contribution in [-0.2, 0) is 6.54 Å². The van der Waals surface area contributed by atoms with Crippen molar-refractivity contribution in [2.75, 3.05) is 6.73 Å². The molecule has 2 aliphatic rings. The van der Waals surface area contributed by atoms with Crippen molar-refractivity contribution in [3.63, 3.8) is 0 Å². The minimum absolute atomic E-state index is 0.0460. The highest BCUT2D eigenvalue weighted by Crippen LogP contribution is 2.43.